The molecular formula is C25H22F3N7O2. The van der Waals surface area contributed by atoms with Crippen LogP contribution in [0.15, 0.2) is 36.8 Å². The van der Waals surface area contributed by atoms with Gasteiger partial charge in [0.05, 0.1) is 30.5 Å². The lowest BCUT2D eigenvalue weighted by atomic mass is 10.00. The Kier molecular flexibility index (Phi) is 5.07. The first-order valence-corrected chi connectivity index (χ1v) is 12.2. The molecule has 0 spiro atoms. The summed E-state index contributed by atoms with van der Waals surface area (Å²) >= 11 is 0. The van der Waals surface area contributed by atoms with Crippen molar-refractivity contribution >= 4 is 33.8 Å². The van der Waals surface area contributed by atoms with E-state index in [4.69, 9.17) is 4.74 Å². The summed E-state index contributed by atoms with van der Waals surface area (Å²) in [6, 6.07) is 5.33. The summed E-state index contributed by atoms with van der Waals surface area (Å²) in [4.78, 5) is 27.2. The second-order valence-corrected chi connectivity index (χ2v) is 9.91. The van der Waals surface area contributed by atoms with Crippen LogP contribution in [0.4, 0.5) is 24.7 Å². The molecule has 2 saturated heterocycles. The number of rotatable bonds is 5. The van der Waals surface area contributed by atoms with Crippen LogP contribution in [-0.2, 0) is 9.53 Å². The van der Waals surface area contributed by atoms with Crippen molar-refractivity contribution in [2.24, 2.45) is 11.8 Å². The normalized spacial score (nSPS) is 24.8. The van der Waals surface area contributed by atoms with Gasteiger partial charge in [0.2, 0.25) is 5.91 Å². The van der Waals surface area contributed by atoms with Gasteiger partial charge in [0.1, 0.15) is 17.7 Å². The Bertz CT molecular complexity index is 1530. The van der Waals surface area contributed by atoms with Crippen LogP contribution in [0.3, 0.4) is 0 Å². The molecule has 12 heteroatoms. The van der Waals surface area contributed by atoms with Gasteiger partial charge >= 0.3 is 0 Å². The van der Waals surface area contributed by atoms with Crippen molar-refractivity contribution < 1.29 is 22.7 Å². The number of piperidine rings is 1. The van der Waals surface area contributed by atoms with Gasteiger partial charge in [0.25, 0.3) is 6.43 Å². The summed E-state index contributed by atoms with van der Waals surface area (Å²) in [5, 5.41) is 7.69. The maximum Gasteiger partial charge on any atom is 0.281 e. The number of nitrogens with zero attached hydrogens (tertiary/aromatic N) is 6. The molecule has 4 atom stereocenters. The number of halogens is 3. The van der Waals surface area contributed by atoms with Crippen LogP contribution >= 0.6 is 0 Å². The molecule has 0 radical (unpaired) electrons. The summed E-state index contributed by atoms with van der Waals surface area (Å²) in [5.74, 6) is -0.240. The predicted molar refractivity (Wildman–Crippen MR) is 128 cm³/mol. The van der Waals surface area contributed by atoms with Gasteiger partial charge in [-0.25, -0.2) is 27.7 Å². The SMILES string of the molecule is O=C(Nc1cc2c(-c3nc4ccc(N5C[C@H]6CO[C@H](C6)C5)cn4n3)cnc(C(F)F)c2cn1)[C@H]1C[C@H]1F. The zero-order valence-corrected chi connectivity index (χ0v) is 19.5. The first-order chi connectivity index (χ1) is 17.9. The number of amides is 1. The number of ether oxygens (including phenoxy) is 1. The van der Waals surface area contributed by atoms with Crippen LogP contribution in [0.1, 0.15) is 25.0 Å². The van der Waals surface area contributed by atoms with Crippen LogP contribution in [0.2, 0.25) is 0 Å². The van der Waals surface area contributed by atoms with Gasteiger partial charge in [-0.15, -0.1) is 5.10 Å². The molecule has 1 N–H and O–H groups in total. The van der Waals surface area contributed by atoms with Gasteiger partial charge in [-0.1, -0.05) is 0 Å². The number of hydrogen-bond donors (Lipinski definition) is 1. The van der Waals surface area contributed by atoms with E-state index < -0.39 is 30.1 Å². The molecule has 1 aliphatic carbocycles. The first kappa shape index (κ1) is 22.4. The lowest BCUT2D eigenvalue weighted by Crippen LogP contribution is -2.39. The van der Waals surface area contributed by atoms with E-state index in [0.29, 0.717) is 28.3 Å². The Labute approximate surface area is 208 Å². The molecule has 2 bridgehead atoms. The molecule has 4 aromatic rings. The highest BCUT2D eigenvalue weighted by Gasteiger charge is 2.43. The molecule has 0 unspecified atom stereocenters. The summed E-state index contributed by atoms with van der Waals surface area (Å²) in [6.07, 6.45) is 1.97. The minimum atomic E-state index is -2.82. The summed E-state index contributed by atoms with van der Waals surface area (Å²) in [5.41, 5.74) is 1.58. The Morgan fingerprint density at radius 3 is 2.78 bits per heavy atom. The summed E-state index contributed by atoms with van der Waals surface area (Å²) in [7, 11) is 0. The smallest absolute Gasteiger partial charge is 0.281 e. The second-order valence-electron chi connectivity index (χ2n) is 9.91. The lowest BCUT2D eigenvalue weighted by Gasteiger charge is -2.31. The van der Waals surface area contributed by atoms with Crippen LogP contribution in [0.25, 0.3) is 27.8 Å². The molecule has 3 aliphatic rings. The minimum Gasteiger partial charge on any atom is -0.376 e. The third-order valence-corrected chi connectivity index (χ3v) is 7.30. The number of aromatic nitrogens is 5. The molecule has 3 fully saturated rings. The van der Waals surface area contributed by atoms with Crippen LogP contribution in [0, 0.1) is 11.8 Å². The van der Waals surface area contributed by atoms with E-state index in [1.54, 1.807) is 4.52 Å². The molecule has 1 amide bonds. The average Bonchev–Trinajstić information content (AvgIpc) is 3.33. The average molecular weight is 509 g/mol. The fraction of sp³-hybridized carbons (Fsp3) is 0.400. The van der Waals surface area contributed by atoms with Crippen molar-refractivity contribution in [1.82, 2.24) is 24.6 Å². The number of alkyl halides is 3. The number of pyridine rings is 3. The fourth-order valence-electron chi connectivity index (χ4n) is 5.28. The van der Waals surface area contributed by atoms with Gasteiger partial charge in [-0.2, -0.15) is 0 Å². The van der Waals surface area contributed by atoms with Crippen molar-refractivity contribution in [3.63, 3.8) is 0 Å². The molecule has 37 heavy (non-hydrogen) atoms. The van der Waals surface area contributed by atoms with E-state index in [0.717, 1.165) is 31.8 Å². The van der Waals surface area contributed by atoms with Gasteiger partial charge in [0.15, 0.2) is 11.5 Å². The van der Waals surface area contributed by atoms with E-state index in [-0.39, 0.29) is 23.7 Å². The number of carbonyl (C=O) groups is 1. The molecule has 2 aliphatic heterocycles. The quantitative estimate of drug-likeness (QED) is 0.437. The van der Waals surface area contributed by atoms with Crippen LogP contribution in [-0.4, -0.2) is 62.4 Å². The molecule has 4 aromatic heterocycles. The Morgan fingerprint density at radius 1 is 1.14 bits per heavy atom. The van der Waals surface area contributed by atoms with Gasteiger partial charge < -0.3 is 15.0 Å². The highest BCUT2D eigenvalue weighted by atomic mass is 19.3. The Morgan fingerprint density at radius 2 is 2.00 bits per heavy atom. The standard InChI is InChI=1S/C25H22F3N7O2/c26-19-4-16(19)25(36)31-20-5-15-17(6-29-20)22(23(27)28)30-7-18(15)24-32-21-2-1-13(9-35(21)33-24)34-8-12-3-14(10-34)37-11-12/h1-2,5-7,9,12,14,16,19,23H,3-4,8,10-11H2,(H,29,31,36)/t12-,14+,16-,19+/m0/s1. The number of nitrogens with one attached hydrogen (secondary N) is 1. The molecule has 7 rings (SSSR count). The molecule has 0 aromatic carbocycles. The second kappa shape index (κ2) is 8.37. The van der Waals surface area contributed by atoms with Gasteiger partial charge in [0, 0.05) is 47.7 Å². The highest BCUT2D eigenvalue weighted by molar-refractivity contribution is 6.00. The maximum atomic E-state index is 13.7. The summed E-state index contributed by atoms with van der Waals surface area (Å²) in [6.45, 7) is 2.52. The van der Waals surface area contributed by atoms with E-state index in [1.165, 1.54) is 18.5 Å². The molecule has 9 nitrogen and oxygen atoms in total. The topological polar surface area (TPSA) is 97.5 Å². The third-order valence-electron chi connectivity index (χ3n) is 7.30. The monoisotopic (exact) mass is 509 g/mol. The maximum absolute atomic E-state index is 13.7. The van der Waals surface area contributed by atoms with Crippen LogP contribution in [0.5, 0.6) is 0 Å². The van der Waals surface area contributed by atoms with Crippen molar-refractivity contribution in [2.45, 2.75) is 31.5 Å². The number of hydrogen-bond acceptors (Lipinski definition) is 7. The van der Waals surface area contributed by atoms with E-state index in [2.05, 4.69) is 30.3 Å². The van der Waals surface area contributed by atoms with E-state index in [1.807, 2.05) is 18.3 Å². The van der Waals surface area contributed by atoms with Crippen molar-refractivity contribution in [1.29, 1.82) is 0 Å². The largest absolute Gasteiger partial charge is 0.376 e. The first-order valence-electron chi connectivity index (χ1n) is 12.2. The number of carbonyl (C=O) groups excluding carboxylic acids is 1. The molecular weight excluding hydrogens is 487 g/mol. The highest BCUT2D eigenvalue weighted by Crippen LogP contribution is 2.36. The lowest BCUT2D eigenvalue weighted by molar-refractivity contribution is -0.117. The van der Waals surface area contributed by atoms with Crippen molar-refractivity contribution in [3.8, 4) is 11.4 Å². The van der Waals surface area contributed by atoms with Crippen molar-refractivity contribution in [3.05, 3.63) is 42.5 Å². The van der Waals surface area contributed by atoms with Crippen molar-refractivity contribution in [2.75, 3.05) is 29.9 Å². The van der Waals surface area contributed by atoms with E-state index >= 15 is 0 Å². The Hall–Kier alpha value is -3.80. The molecule has 6 heterocycles. The molecule has 1 saturated carbocycles. The van der Waals surface area contributed by atoms with Gasteiger partial charge in [-0.3, -0.25) is 9.78 Å². The fourth-order valence-corrected chi connectivity index (χ4v) is 5.28. The van der Waals surface area contributed by atoms with Gasteiger partial charge in [-0.05, 0) is 31.0 Å². The number of fused-ring (bicyclic) bond motifs is 4. The van der Waals surface area contributed by atoms with Crippen LogP contribution < -0.4 is 10.2 Å². The molecule has 190 valence electrons. The Balaban J connectivity index is 1.27. The van der Waals surface area contributed by atoms with E-state index in [9.17, 15) is 18.0 Å². The zero-order chi connectivity index (χ0) is 25.3. The minimum absolute atomic E-state index is 0.128. The third kappa shape index (κ3) is 3.95. The number of anilines is 2. The predicted octanol–water partition coefficient (Wildman–Crippen LogP) is 3.80. The zero-order valence-electron chi connectivity index (χ0n) is 19.5. The summed E-state index contributed by atoms with van der Waals surface area (Å²) < 4.78 is 48.2.